The third-order valence-corrected chi connectivity index (χ3v) is 4.57. The second kappa shape index (κ2) is 9.01. The lowest BCUT2D eigenvalue weighted by atomic mass is 10.1. The number of para-hydroxylation sites is 1. The monoisotopic (exact) mass is 389 g/mol. The van der Waals surface area contributed by atoms with E-state index in [-0.39, 0.29) is 11.8 Å². The normalized spacial score (nSPS) is 10.3. The van der Waals surface area contributed by atoms with Gasteiger partial charge in [-0.2, -0.15) is 0 Å². The Kier molecular flexibility index (Phi) is 6.24. The Balaban J connectivity index is 1.78. The predicted molar refractivity (Wildman–Crippen MR) is 114 cm³/mol. The quantitative estimate of drug-likeness (QED) is 0.652. The molecule has 1 aromatic heterocycles. The zero-order valence-corrected chi connectivity index (χ0v) is 16.7. The van der Waals surface area contributed by atoms with Crippen LogP contribution in [0.1, 0.15) is 38.8 Å². The first kappa shape index (κ1) is 20.1. The Hall–Kier alpha value is -3.67. The first-order chi connectivity index (χ1) is 14.0. The van der Waals surface area contributed by atoms with Crippen LogP contribution in [0.2, 0.25) is 0 Å². The van der Waals surface area contributed by atoms with Gasteiger partial charge in [0.2, 0.25) is 0 Å². The number of hydrogen-bond donors (Lipinski definition) is 2. The number of rotatable bonds is 6. The van der Waals surface area contributed by atoms with E-state index in [0.717, 1.165) is 23.2 Å². The van der Waals surface area contributed by atoms with E-state index in [4.69, 9.17) is 4.74 Å². The summed E-state index contributed by atoms with van der Waals surface area (Å²) in [6.07, 6.45) is 3.68. The van der Waals surface area contributed by atoms with Gasteiger partial charge in [-0.25, -0.2) is 0 Å². The van der Waals surface area contributed by atoms with Crippen LogP contribution in [0.4, 0.5) is 11.4 Å². The van der Waals surface area contributed by atoms with Gasteiger partial charge in [0.25, 0.3) is 11.8 Å². The first-order valence-electron chi connectivity index (χ1n) is 9.32. The number of amides is 2. The molecule has 0 radical (unpaired) electrons. The van der Waals surface area contributed by atoms with E-state index >= 15 is 0 Å². The number of nitrogens with one attached hydrogen (secondary N) is 2. The van der Waals surface area contributed by atoms with Gasteiger partial charge in [0.1, 0.15) is 5.75 Å². The number of carbonyl (C=O) groups is 2. The summed E-state index contributed by atoms with van der Waals surface area (Å²) in [5, 5.41) is 5.74. The fourth-order valence-corrected chi connectivity index (χ4v) is 2.98. The van der Waals surface area contributed by atoms with Crippen molar-refractivity contribution in [3.8, 4) is 5.75 Å². The van der Waals surface area contributed by atoms with Gasteiger partial charge in [-0.05, 0) is 42.7 Å². The molecular formula is C23H23N3O3. The van der Waals surface area contributed by atoms with Gasteiger partial charge >= 0.3 is 0 Å². The molecule has 3 aromatic rings. The number of benzene rings is 2. The van der Waals surface area contributed by atoms with Crippen molar-refractivity contribution in [2.45, 2.75) is 20.3 Å². The van der Waals surface area contributed by atoms with Crippen LogP contribution in [0, 0.1) is 6.92 Å². The molecule has 29 heavy (non-hydrogen) atoms. The molecule has 0 bridgehead atoms. The van der Waals surface area contributed by atoms with Crippen molar-refractivity contribution in [2.24, 2.45) is 0 Å². The third kappa shape index (κ3) is 4.79. The van der Waals surface area contributed by atoms with Crippen LogP contribution in [-0.2, 0) is 6.42 Å². The Morgan fingerprint density at radius 2 is 1.66 bits per heavy atom. The summed E-state index contributed by atoms with van der Waals surface area (Å²) in [6, 6.07) is 14.5. The molecule has 3 rings (SSSR count). The number of aromatic nitrogens is 1. The average Bonchev–Trinajstić information content (AvgIpc) is 2.75. The first-order valence-corrected chi connectivity index (χ1v) is 9.32. The number of ether oxygens (including phenoxy) is 1. The van der Waals surface area contributed by atoms with E-state index < -0.39 is 0 Å². The number of hydrogen-bond acceptors (Lipinski definition) is 4. The molecule has 0 aliphatic carbocycles. The SMILES string of the molecule is CCc1cccc(C)c1NC(=O)c1cncc(C(=O)Nc2cccc(OC)c2)c1. The molecule has 2 aromatic carbocycles. The molecule has 0 fully saturated rings. The molecule has 0 saturated heterocycles. The van der Waals surface area contributed by atoms with Crippen LogP contribution in [0.15, 0.2) is 60.9 Å². The van der Waals surface area contributed by atoms with Gasteiger partial charge in [-0.1, -0.05) is 31.2 Å². The molecule has 6 nitrogen and oxygen atoms in total. The van der Waals surface area contributed by atoms with E-state index in [1.165, 1.54) is 18.5 Å². The van der Waals surface area contributed by atoms with Crippen LogP contribution in [0.5, 0.6) is 5.75 Å². The highest BCUT2D eigenvalue weighted by molar-refractivity contribution is 6.08. The highest BCUT2D eigenvalue weighted by Crippen LogP contribution is 2.22. The van der Waals surface area contributed by atoms with Crippen molar-refractivity contribution in [1.82, 2.24) is 4.98 Å². The molecule has 2 N–H and O–H groups in total. The topological polar surface area (TPSA) is 80.3 Å². The lowest BCUT2D eigenvalue weighted by Gasteiger charge is -2.13. The summed E-state index contributed by atoms with van der Waals surface area (Å²) in [5.74, 6) is -0.0258. The number of nitrogens with zero attached hydrogens (tertiary/aromatic N) is 1. The lowest BCUT2D eigenvalue weighted by Crippen LogP contribution is -2.17. The third-order valence-electron chi connectivity index (χ3n) is 4.57. The van der Waals surface area contributed by atoms with E-state index in [0.29, 0.717) is 22.6 Å². The highest BCUT2D eigenvalue weighted by Gasteiger charge is 2.14. The largest absolute Gasteiger partial charge is 0.497 e. The molecule has 0 spiro atoms. The Morgan fingerprint density at radius 1 is 0.966 bits per heavy atom. The summed E-state index contributed by atoms with van der Waals surface area (Å²) in [7, 11) is 1.56. The number of methoxy groups -OCH3 is 1. The van der Waals surface area contributed by atoms with Crippen molar-refractivity contribution < 1.29 is 14.3 Å². The Morgan fingerprint density at radius 3 is 2.34 bits per heavy atom. The maximum atomic E-state index is 12.8. The van der Waals surface area contributed by atoms with E-state index in [2.05, 4.69) is 15.6 Å². The van der Waals surface area contributed by atoms with Crippen molar-refractivity contribution in [1.29, 1.82) is 0 Å². The molecule has 0 saturated carbocycles. The Bertz CT molecular complexity index is 1050. The van der Waals surface area contributed by atoms with Crippen LogP contribution in [0.25, 0.3) is 0 Å². The van der Waals surface area contributed by atoms with Crippen LogP contribution in [-0.4, -0.2) is 23.9 Å². The Labute approximate surface area is 169 Å². The number of aryl methyl sites for hydroxylation is 2. The predicted octanol–water partition coefficient (Wildman–Crippen LogP) is 4.47. The summed E-state index contributed by atoms with van der Waals surface area (Å²) in [6.45, 7) is 3.99. The van der Waals surface area contributed by atoms with Crippen LogP contribution in [0.3, 0.4) is 0 Å². The van der Waals surface area contributed by atoms with Gasteiger partial charge < -0.3 is 15.4 Å². The van der Waals surface area contributed by atoms with Crippen LogP contribution >= 0.6 is 0 Å². The summed E-state index contributed by atoms with van der Waals surface area (Å²) < 4.78 is 5.16. The molecule has 2 amide bonds. The molecule has 6 heteroatoms. The molecule has 1 heterocycles. The zero-order chi connectivity index (χ0) is 20.8. The van der Waals surface area contributed by atoms with Crippen molar-refractivity contribution in [2.75, 3.05) is 17.7 Å². The maximum absolute atomic E-state index is 12.8. The standard InChI is InChI=1S/C23H23N3O3/c1-4-16-8-5-7-15(2)21(16)26-23(28)18-11-17(13-24-14-18)22(27)25-19-9-6-10-20(12-19)29-3/h5-14H,4H2,1-3H3,(H,25,27)(H,26,28). The van der Waals surface area contributed by atoms with Gasteiger partial charge in [0.05, 0.1) is 18.2 Å². The van der Waals surface area contributed by atoms with E-state index in [1.807, 2.05) is 32.0 Å². The minimum atomic E-state index is -0.356. The van der Waals surface area contributed by atoms with Crippen LogP contribution < -0.4 is 15.4 Å². The molecular weight excluding hydrogens is 366 g/mol. The zero-order valence-electron chi connectivity index (χ0n) is 16.7. The maximum Gasteiger partial charge on any atom is 0.257 e. The summed E-state index contributed by atoms with van der Waals surface area (Å²) >= 11 is 0. The molecule has 0 unspecified atom stereocenters. The van der Waals surface area contributed by atoms with Gasteiger partial charge in [0, 0.05) is 29.8 Å². The second-order valence-electron chi connectivity index (χ2n) is 6.57. The van der Waals surface area contributed by atoms with Crippen molar-refractivity contribution in [3.05, 3.63) is 83.2 Å². The summed E-state index contributed by atoms with van der Waals surface area (Å²) in [5.41, 5.74) is 4.04. The van der Waals surface area contributed by atoms with Crippen molar-refractivity contribution >= 4 is 23.2 Å². The molecule has 0 atom stereocenters. The van der Waals surface area contributed by atoms with Gasteiger partial charge in [-0.15, -0.1) is 0 Å². The average molecular weight is 389 g/mol. The van der Waals surface area contributed by atoms with E-state index in [9.17, 15) is 9.59 Å². The minimum Gasteiger partial charge on any atom is -0.497 e. The molecule has 0 aliphatic heterocycles. The van der Waals surface area contributed by atoms with Crippen molar-refractivity contribution in [3.63, 3.8) is 0 Å². The number of anilines is 2. The minimum absolute atomic E-state index is 0.293. The molecule has 148 valence electrons. The fourth-order valence-electron chi connectivity index (χ4n) is 2.98. The van der Waals surface area contributed by atoms with E-state index in [1.54, 1.807) is 31.4 Å². The van der Waals surface area contributed by atoms with Gasteiger partial charge in [0.15, 0.2) is 0 Å². The lowest BCUT2D eigenvalue weighted by molar-refractivity contribution is 0.102. The second-order valence-corrected chi connectivity index (χ2v) is 6.57. The number of pyridine rings is 1. The highest BCUT2D eigenvalue weighted by atomic mass is 16.5. The fraction of sp³-hybridized carbons (Fsp3) is 0.174. The summed E-state index contributed by atoms with van der Waals surface area (Å²) in [4.78, 5) is 29.4. The molecule has 0 aliphatic rings. The number of carbonyl (C=O) groups excluding carboxylic acids is 2. The van der Waals surface area contributed by atoms with Gasteiger partial charge in [-0.3, -0.25) is 14.6 Å². The smallest absolute Gasteiger partial charge is 0.257 e.